The lowest BCUT2D eigenvalue weighted by molar-refractivity contribution is 1.07. The van der Waals surface area contributed by atoms with E-state index in [2.05, 4.69) is 39.9 Å². The van der Waals surface area contributed by atoms with Gasteiger partial charge in [-0.15, -0.1) is 0 Å². The van der Waals surface area contributed by atoms with Gasteiger partial charge in [-0.3, -0.25) is 14.8 Å². The molecule has 0 aliphatic heterocycles. The first kappa shape index (κ1) is 11.3. The van der Waals surface area contributed by atoms with Crippen LogP contribution in [0, 0.1) is 0 Å². The summed E-state index contributed by atoms with van der Waals surface area (Å²) in [4.78, 5) is 49.3. The smallest absolute Gasteiger partial charge is 0.327 e. The first-order valence-corrected chi connectivity index (χ1v) is 5.81. The molecule has 4 aromatic heterocycles. The van der Waals surface area contributed by atoms with Crippen LogP contribution >= 0.6 is 0 Å². The number of hydrogen-bond acceptors (Lipinski definition) is 7. The van der Waals surface area contributed by atoms with Gasteiger partial charge >= 0.3 is 5.69 Å². The van der Waals surface area contributed by atoms with Gasteiger partial charge in [0.25, 0.3) is 5.56 Å². The molecule has 104 valence electrons. The quantitative estimate of drug-likeness (QED) is 0.293. The molecule has 0 aliphatic rings. The highest BCUT2D eigenvalue weighted by Crippen LogP contribution is 2.19. The number of nitrogens with zero attached hydrogens (tertiary/aromatic N) is 4. The summed E-state index contributed by atoms with van der Waals surface area (Å²) in [5, 5.41) is 0. The Labute approximate surface area is 113 Å². The Morgan fingerprint density at radius 3 is 2.71 bits per heavy atom. The van der Waals surface area contributed by atoms with Crippen LogP contribution in [-0.2, 0) is 0 Å². The fourth-order valence-electron chi connectivity index (χ4n) is 2.00. The van der Waals surface area contributed by atoms with Crippen molar-refractivity contribution in [2.45, 2.75) is 0 Å². The van der Waals surface area contributed by atoms with Crippen LogP contribution in [0.15, 0.2) is 15.9 Å². The van der Waals surface area contributed by atoms with Gasteiger partial charge in [-0.1, -0.05) is 0 Å². The Morgan fingerprint density at radius 2 is 1.86 bits per heavy atom. The van der Waals surface area contributed by atoms with Crippen molar-refractivity contribution in [2.75, 3.05) is 5.73 Å². The first-order valence-electron chi connectivity index (χ1n) is 5.81. The predicted molar refractivity (Wildman–Crippen MR) is 72.4 cm³/mol. The standard InChI is InChI=1S/C10H7N9O2/c11-4-2-5(13-1-12-2)16-8(15-4)7-14-3-6(17-7)18-10(21)19-9(3)20/h1H,(H3,11,12,13,15,16)(H3,14,17,18,19,20,21). The highest BCUT2D eigenvalue weighted by atomic mass is 16.2. The molecule has 0 atom stereocenters. The van der Waals surface area contributed by atoms with E-state index in [0.717, 1.165) is 0 Å². The second-order valence-corrected chi connectivity index (χ2v) is 4.25. The van der Waals surface area contributed by atoms with Crippen molar-refractivity contribution in [3.8, 4) is 11.6 Å². The van der Waals surface area contributed by atoms with Gasteiger partial charge in [0.05, 0.1) is 6.33 Å². The number of hydrogen-bond donors (Lipinski definition) is 5. The second-order valence-electron chi connectivity index (χ2n) is 4.25. The maximum absolute atomic E-state index is 11.7. The van der Waals surface area contributed by atoms with Crippen LogP contribution in [0.25, 0.3) is 34.0 Å². The summed E-state index contributed by atoms with van der Waals surface area (Å²) in [5.74, 6) is 0.577. The lowest BCUT2D eigenvalue weighted by Gasteiger charge is -1.98. The van der Waals surface area contributed by atoms with Crippen LogP contribution in [0.2, 0.25) is 0 Å². The zero-order chi connectivity index (χ0) is 14.6. The molecule has 0 bridgehead atoms. The molecule has 11 nitrogen and oxygen atoms in total. The van der Waals surface area contributed by atoms with Crippen molar-refractivity contribution in [2.24, 2.45) is 0 Å². The lowest BCUT2D eigenvalue weighted by Crippen LogP contribution is -2.21. The van der Waals surface area contributed by atoms with Gasteiger partial charge in [-0.2, -0.15) is 0 Å². The Bertz CT molecular complexity index is 1100. The monoisotopic (exact) mass is 285 g/mol. The van der Waals surface area contributed by atoms with Gasteiger partial charge in [0, 0.05) is 0 Å². The van der Waals surface area contributed by atoms with Crippen LogP contribution in [0.5, 0.6) is 0 Å². The van der Waals surface area contributed by atoms with E-state index < -0.39 is 11.2 Å². The summed E-state index contributed by atoms with van der Waals surface area (Å²) in [5.41, 5.74) is 5.69. The van der Waals surface area contributed by atoms with E-state index in [1.165, 1.54) is 6.33 Å². The van der Waals surface area contributed by atoms with E-state index in [1.54, 1.807) is 0 Å². The maximum atomic E-state index is 11.7. The van der Waals surface area contributed by atoms with Gasteiger partial charge in [-0.05, 0) is 0 Å². The fourth-order valence-corrected chi connectivity index (χ4v) is 2.00. The third-order valence-electron chi connectivity index (χ3n) is 2.92. The van der Waals surface area contributed by atoms with Crippen molar-refractivity contribution in [3.63, 3.8) is 0 Å². The van der Waals surface area contributed by atoms with Crippen molar-refractivity contribution in [3.05, 3.63) is 27.2 Å². The number of rotatable bonds is 1. The van der Waals surface area contributed by atoms with E-state index >= 15 is 0 Å². The molecule has 0 spiro atoms. The number of fused-ring (bicyclic) bond motifs is 2. The highest BCUT2D eigenvalue weighted by Gasteiger charge is 2.14. The number of nitrogens with two attached hydrogens (primary N) is 1. The SMILES string of the molecule is Nc1nc(-c2nc3[nH]c(=O)[nH]c(=O)c3[nH]2)nc2nc[nH]c12. The Hall–Kier alpha value is -3.50. The zero-order valence-corrected chi connectivity index (χ0v) is 10.3. The third kappa shape index (κ3) is 1.60. The molecule has 0 radical (unpaired) electrons. The first-order chi connectivity index (χ1) is 10.1. The summed E-state index contributed by atoms with van der Waals surface area (Å²) in [6, 6.07) is 0. The Kier molecular flexibility index (Phi) is 2.03. The van der Waals surface area contributed by atoms with E-state index in [0.29, 0.717) is 11.2 Å². The van der Waals surface area contributed by atoms with Gasteiger partial charge in [0.1, 0.15) is 11.0 Å². The van der Waals surface area contributed by atoms with Crippen LogP contribution in [0.1, 0.15) is 0 Å². The van der Waals surface area contributed by atoms with E-state index in [-0.39, 0.29) is 28.6 Å². The van der Waals surface area contributed by atoms with Crippen molar-refractivity contribution in [1.82, 2.24) is 39.9 Å². The summed E-state index contributed by atoms with van der Waals surface area (Å²) >= 11 is 0. The number of nitrogens with one attached hydrogen (secondary N) is 4. The molecule has 6 N–H and O–H groups in total. The number of aromatic nitrogens is 8. The lowest BCUT2D eigenvalue weighted by atomic mass is 10.4. The van der Waals surface area contributed by atoms with Crippen LogP contribution in [0.3, 0.4) is 0 Å². The second kappa shape index (κ2) is 3.75. The molecule has 4 rings (SSSR count). The molecular formula is C10H7N9O2. The number of H-pyrrole nitrogens is 4. The zero-order valence-electron chi connectivity index (χ0n) is 10.3. The highest BCUT2D eigenvalue weighted by molar-refractivity contribution is 5.83. The number of aromatic amines is 4. The summed E-state index contributed by atoms with van der Waals surface area (Å²) < 4.78 is 0. The van der Waals surface area contributed by atoms with Gasteiger partial charge in [0.15, 0.2) is 28.8 Å². The van der Waals surface area contributed by atoms with Crippen molar-refractivity contribution in [1.29, 1.82) is 0 Å². The predicted octanol–water partition coefficient (Wildman–Crippen LogP) is -1.15. The molecule has 21 heavy (non-hydrogen) atoms. The van der Waals surface area contributed by atoms with Crippen LogP contribution in [-0.4, -0.2) is 39.9 Å². The normalized spacial score (nSPS) is 11.4. The topological polar surface area (TPSA) is 175 Å². The minimum absolute atomic E-state index is 0.114. The Balaban J connectivity index is 2.01. The molecule has 0 aliphatic carbocycles. The average Bonchev–Trinajstić information content (AvgIpc) is 3.04. The minimum Gasteiger partial charge on any atom is -0.382 e. The molecule has 0 saturated carbocycles. The average molecular weight is 285 g/mol. The number of nitrogen functional groups attached to an aromatic ring is 1. The van der Waals surface area contributed by atoms with Crippen molar-refractivity contribution >= 4 is 28.1 Å². The Morgan fingerprint density at radius 1 is 1.00 bits per heavy atom. The molecule has 0 saturated heterocycles. The van der Waals surface area contributed by atoms with Gasteiger partial charge in [0.2, 0.25) is 0 Å². The number of anilines is 1. The largest absolute Gasteiger partial charge is 0.382 e. The van der Waals surface area contributed by atoms with E-state index in [1.807, 2.05) is 0 Å². The fraction of sp³-hybridized carbons (Fsp3) is 0. The van der Waals surface area contributed by atoms with E-state index in [9.17, 15) is 9.59 Å². The molecule has 0 amide bonds. The van der Waals surface area contributed by atoms with Gasteiger partial charge < -0.3 is 15.7 Å². The molecule has 11 heteroatoms. The van der Waals surface area contributed by atoms with Crippen molar-refractivity contribution < 1.29 is 0 Å². The van der Waals surface area contributed by atoms with Crippen LogP contribution in [0.4, 0.5) is 5.82 Å². The molecule has 0 unspecified atom stereocenters. The van der Waals surface area contributed by atoms with E-state index in [4.69, 9.17) is 5.73 Å². The summed E-state index contributed by atoms with van der Waals surface area (Å²) in [6.07, 6.45) is 1.44. The molecule has 4 aromatic rings. The minimum atomic E-state index is -0.645. The molecule has 0 aromatic carbocycles. The molecule has 0 fully saturated rings. The molecule has 4 heterocycles. The maximum Gasteiger partial charge on any atom is 0.327 e. The summed E-state index contributed by atoms with van der Waals surface area (Å²) in [6.45, 7) is 0. The van der Waals surface area contributed by atoms with Gasteiger partial charge in [-0.25, -0.2) is 24.7 Å². The summed E-state index contributed by atoms with van der Waals surface area (Å²) in [7, 11) is 0. The number of imidazole rings is 2. The molecular weight excluding hydrogens is 278 g/mol. The van der Waals surface area contributed by atoms with Crippen LogP contribution < -0.4 is 17.0 Å². The third-order valence-corrected chi connectivity index (χ3v) is 2.92.